The predicted octanol–water partition coefficient (Wildman–Crippen LogP) is 1.69. The minimum atomic E-state index is -1.01. The molecular weight excluding hydrogens is 232 g/mol. The highest BCUT2D eigenvalue weighted by atomic mass is 16.5. The van der Waals surface area contributed by atoms with Gasteiger partial charge in [0, 0.05) is 11.9 Å². The molecule has 0 aromatic carbocycles. The molecule has 0 spiro atoms. The van der Waals surface area contributed by atoms with Gasteiger partial charge in [0.2, 0.25) is 0 Å². The van der Waals surface area contributed by atoms with Gasteiger partial charge in [0.15, 0.2) is 0 Å². The number of carboxylic acids is 1. The molecule has 0 fully saturated rings. The number of rotatable bonds is 9. The minimum absolute atomic E-state index is 0.135. The lowest BCUT2D eigenvalue weighted by atomic mass is 9.99. The largest absolute Gasteiger partial charge is 0.550 e. The summed E-state index contributed by atoms with van der Waals surface area (Å²) in [6.07, 6.45) is 6.00. The average molecular weight is 255 g/mol. The number of carbonyl (C=O) groups is 2. The third-order valence-electron chi connectivity index (χ3n) is 2.95. The van der Waals surface area contributed by atoms with Gasteiger partial charge in [0.05, 0.1) is 12.5 Å². The van der Waals surface area contributed by atoms with Crippen LogP contribution in [0.5, 0.6) is 0 Å². The molecule has 0 saturated heterocycles. The van der Waals surface area contributed by atoms with Gasteiger partial charge in [-0.1, -0.05) is 26.0 Å². The van der Waals surface area contributed by atoms with Crippen LogP contribution < -0.4 is 5.11 Å². The van der Waals surface area contributed by atoms with Crippen molar-refractivity contribution < 1.29 is 19.4 Å². The van der Waals surface area contributed by atoms with Crippen molar-refractivity contribution in [1.29, 1.82) is 0 Å². The van der Waals surface area contributed by atoms with E-state index in [9.17, 15) is 14.7 Å². The second-order valence-electron chi connectivity index (χ2n) is 4.22. The van der Waals surface area contributed by atoms with Gasteiger partial charge in [-0.05, 0) is 32.6 Å². The van der Waals surface area contributed by atoms with Gasteiger partial charge in [0.25, 0.3) is 0 Å². The Morgan fingerprint density at radius 3 is 1.94 bits per heavy atom. The molecule has 18 heavy (non-hydrogen) atoms. The van der Waals surface area contributed by atoms with Crippen LogP contribution in [0.3, 0.4) is 0 Å². The molecule has 0 aliphatic rings. The van der Waals surface area contributed by atoms with E-state index in [1.807, 2.05) is 26.0 Å². The molecule has 104 valence electrons. The Bertz CT molecular complexity index is 284. The SMILES string of the molecule is CCOC(=O)C(CC)CC=CCC(CC)C(=O)[O-]. The maximum absolute atomic E-state index is 11.5. The zero-order valence-corrected chi connectivity index (χ0v) is 11.5. The molecule has 0 heterocycles. The van der Waals surface area contributed by atoms with Crippen molar-refractivity contribution in [3.05, 3.63) is 12.2 Å². The Morgan fingerprint density at radius 2 is 1.56 bits per heavy atom. The van der Waals surface area contributed by atoms with Gasteiger partial charge in [-0.25, -0.2) is 0 Å². The summed E-state index contributed by atoms with van der Waals surface area (Å²) in [5, 5.41) is 10.7. The number of esters is 1. The number of hydrogen-bond donors (Lipinski definition) is 0. The van der Waals surface area contributed by atoms with E-state index in [0.29, 0.717) is 25.9 Å². The van der Waals surface area contributed by atoms with Crippen molar-refractivity contribution in [1.82, 2.24) is 0 Å². The Morgan fingerprint density at radius 1 is 1.06 bits per heavy atom. The molecule has 0 amide bonds. The maximum atomic E-state index is 11.5. The third-order valence-corrected chi connectivity index (χ3v) is 2.95. The summed E-state index contributed by atoms with van der Waals surface area (Å²) < 4.78 is 4.96. The topological polar surface area (TPSA) is 66.4 Å². The summed E-state index contributed by atoms with van der Waals surface area (Å²) >= 11 is 0. The number of ether oxygens (including phenoxy) is 1. The summed E-state index contributed by atoms with van der Waals surface area (Å²) in [7, 11) is 0. The maximum Gasteiger partial charge on any atom is 0.309 e. The van der Waals surface area contributed by atoms with E-state index in [0.717, 1.165) is 6.42 Å². The van der Waals surface area contributed by atoms with Crippen LogP contribution in [-0.4, -0.2) is 18.5 Å². The molecule has 0 rings (SSSR count). The number of allylic oxidation sites excluding steroid dienone is 2. The van der Waals surface area contributed by atoms with Crippen molar-refractivity contribution in [2.24, 2.45) is 11.8 Å². The zero-order valence-electron chi connectivity index (χ0n) is 11.5. The number of aliphatic carboxylic acids is 1. The van der Waals surface area contributed by atoms with Crippen molar-refractivity contribution in [3.8, 4) is 0 Å². The van der Waals surface area contributed by atoms with E-state index in [1.54, 1.807) is 6.92 Å². The molecular formula is C14H23O4-. The van der Waals surface area contributed by atoms with Crippen LogP contribution in [-0.2, 0) is 14.3 Å². The van der Waals surface area contributed by atoms with Crippen LogP contribution in [0.4, 0.5) is 0 Å². The highest BCUT2D eigenvalue weighted by molar-refractivity contribution is 5.72. The van der Waals surface area contributed by atoms with Gasteiger partial charge in [-0.2, -0.15) is 0 Å². The number of carboxylic acid groups (broad SMARTS) is 1. The lowest BCUT2D eigenvalue weighted by molar-refractivity contribution is -0.311. The molecule has 0 saturated carbocycles. The van der Waals surface area contributed by atoms with Crippen molar-refractivity contribution in [3.63, 3.8) is 0 Å². The average Bonchev–Trinajstić information content (AvgIpc) is 2.33. The van der Waals surface area contributed by atoms with E-state index < -0.39 is 11.9 Å². The zero-order chi connectivity index (χ0) is 14.0. The van der Waals surface area contributed by atoms with Crippen LogP contribution >= 0.6 is 0 Å². The first kappa shape index (κ1) is 16.7. The first-order chi connectivity index (χ1) is 8.56. The fraction of sp³-hybridized carbons (Fsp3) is 0.714. The van der Waals surface area contributed by atoms with Crippen LogP contribution in [0.2, 0.25) is 0 Å². The first-order valence-corrected chi connectivity index (χ1v) is 6.59. The number of carbonyl (C=O) groups excluding carboxylic acids is 2. The lowest BCUT2D eigenvalue weighted by Crippen LogP contribution is -2.30. The van der Waals surface area contributed by atoms with Gasteiger partial charge in [-0.3, -0.25) is 4.79 Å². The fourth-order valence-corrected chi connectivity index (χ4v) is 1.64. The molecule has 0 radical (unpaired) electrons. The van der Waals surface area contributed by atoms with Crippen molar-refractivity contribution >= 4 is 11.9 Å². The molecule has 4 nitrogen and oxygen atoms in total. The van der Waals surface area contributed by atoms with Crippen LogP contribution in [0.25, 0.3) is 0 Å². The van der Waals surface area contributed by atoms with Crippen LogP contribution in [0, 0.1) is 11.8 Å². The van der Waals surface area contributed by atoms with Crippen LogP contribution in [0.1, 0.15) is 46.5 Å². The molecule has 0 aliphatic heterocycles. The van der Waals surface area contributed by atoms with E-state index in [1.165, 1.54) is 0 Å². The smallest absolute Gasteiger partial charge is 0.309 e. The van der Waals surface area contributed by atoms with Gasteiger partial charge < -0.3 is 14.6 Å². The van der Waals surface area contributed by atoms with Gasteiger partial charge in [-0.15, -0.1) is 0 Å². The Kier molecular flexibility index (Phi) is 8.97. The monoisotopic (exact) mass is 255 g/mol. The quantitative estimate of drug-likeness (QED) is 0.464. The Balaban J connectivity index is 4.12. The predicted molar refractivity (Wildman–Crippen MR) is 67.6 cm³/mol. The molecule has 0 aromatic rings. The molecule has 2 atom stereocenters. The van der Waals surface area contributed by atoms with E-state index in [-0.39, 0.29) is 11.9 Å². The van der Waals surface area contributed by atoms with Crippen LogP contribution in [0.15, 0.2) is 12.2 Å². The minimum Gasteiger partial charge on any atom is -0.550 e. The van der Waals surface area contributed by atoms with E-state index in [2.05, 4.69) is 0 Å². The third kappa shape index (κ3) is 6.42. The Hall–Kier alpha value is -1.32. The summed E-state index contributed by atoms with van der Waals surface area (Å²) in [5.74, 6) is -1.77. The fourth-order valence-electron chi connectivity index (χ4n) is 1.64. The summed E-state index contributed by atoms with van der Waals surface area (Å²) in [6, 6.07) is 0. The van der Waals surface area contributed by atoms with Crippen molar-refractivity contribution in [2.75, 3.05) is 6.61 Å². The molecule has 0 bridgehead atoms. The summed E-state index contributed by atoms with van der Waals surface area (Å²) in [4.78, 5) is 22.2. The summed E-state index contributed by atoms with van der Waals surface area (Å²) in [5.41, 5.74) is 0. The lowest BCUT2D eigenvalue weighted by Gasteiger charge is -2.13. The van der Waals surface area contributed by atoms with E-state index >= 15 is 0 Å². The second-order valence-corrected chi connectivity index (χ2v) is 4.22. The highest BCUT2D eigenvalue weighted by Crippen LogP contribution is 2.13. The molecule has 0 aliphatic carbocycles. The molecule has 2 unspecified atom stereocenters. The van der Waals surface area contributed by atoms with Gasteiger partial charge in [0.1, 0.15) is 0 Å². The molecule has 0 aromatic heterocycles. The highest BCUT2D eigenvalue weighted by Gasteiger charge is 2.15. The molecule has 0 N–H and O–H groups in total. The van der Waals surface area contributed by atoms with Crippen molar-refractivity contribution in [2.45, 2.75) is 46.5 Å². The normalized spacial score (nSPS) is 14.4. The Labute approximate surface area is 109 Å². The first-order valence-electron chi connectivity index (χ1n) is 6.59. The van der Waals surface area contributed by atoms with E-state index in [4.69, 9.17) is 4.74 Å². The standard InChI is InChI=1S/C14H24O4/c1-4-11(13(15)16)9-7-8-10-12(5-2)14(17)18-6-3/h7-8,11-12H,4-6,9-10H2,1-3H3,(H,15,16)/p-1. The molecule has 4 heteroatoms. The number of hydrogen-bond acceptors (Lipinski definition) is 4. The summed E-state index contributed by atoms with van der Waals surface area (Å²) in [6.45, 7) is 5.93. The second kappa shape index (κ2) is 9.68. The van der Waals surface area contributed by atoms with Gasteiger partial charge >= 0.3 is 5.97 Å².